The minimum Gasteiger partial charge on any atom is -0.283 e. The molecule has 0 bridgehead atoms. The lowest BCUT2D eigenvalue weighted by Gasteiger charge is -2.13. The zero-order valence-electron chi connectivity index (χ0n) is 9.76. The van der Waals surface area contributed by atoms with Gasteiger partial charge in [-0.1, -0.05) is 15.9 Å². The van der Waals surface area contributed by atoms with Gasteiger partial charge in [-0.25, -0.2) is 8.42 Å². The molecule has 96 valence electrons. The van der Waals surface area contributed by atoms with Crippen LogP contribution in [0.15, 0.2) is 16.6 Å². The molecule has 1 aromatic carbocycles. The molecule has 3 nitrogen and oxygen atoms in total. The second-order valence-electron chi connectivity index (χ2n) is 3.88. The Morgan fingerprint density at radius 2 is 1.82 bits per heavy atom. The third kappa shape index (κ3) is 4.48. The van der Waals surface area contributed by atoms with Crippen LogP contribution in [-0.2, 0) is 10.0 Å². The molecular formula is C11H15BrClNO2S. The van der Waals surface area contributed by atoms with E-state index < -0.39 is 10.0 Å². The van der Waals surface area contributed by atoms with Crippen molar-refractivity contribution in [1.82, 2.24) is 0 Å². The molecule has 0 heterocycles. The Balaban J connectivity index is 2.96. The first-order valence-electron chi connectivity index (χ1n) is 5.19. The molecule has 0 saturated heterocycles. The zero-order valence-corrected chi connectivity index (χ0v) is 12.9. The normalized spacial score (nSPS) is 11.5. The molecule has 0 atom stereocenters. The van der Waals surface area contributed by atoms with Gasteiger partial charge in [-0.3, -0.25) is 4.72 Å². The van der Waals surface area contributed by atoms with E-state index in [1.54, 1.807) is 0 Å². The molecule has 6 heteroatoms. The first-order chi connectivity index (χ1) is 7.85. The number of aryl methyl sites for hydroxylation is 2. The maximum atomic E-state index is 11.8. The maximum Gasteiger partial charge on any atom is 0.232 e. The second kappa shape index (κ2) is 6.07. The van der Waals surface area contributed by atoms with E-state index in [-0.39, 0.29) is 5.75 Å². The highest BCUT2D eigenvalue weighted by atomic mass is 79.9. The van der Waals surface area contributed by atoms with Crippen molar-refractivity contribution in [2.24, 2.45) is 0 Å². The summed E-state index contributed by atoms with van der Waals surface area (Å²) in [5, 5.41) is 0. The standard InChI is InChI=1S/C11H15BrClNO2S/c1-8-6-10(12)7-9(2)11(8)14-17(15,16)5-3-4-13/h6-7,14H,3-5H2,1-2H3. The summed E-state index contributed by atoms with van der Waals surface area (Å²) in [7, 11) is -3.30. The van der Waals surface area contributed by atoms with Crippen molar-refractivity contribution in [3.8, 4) is 0 Å². The van der Waals surface area contributed by atoms with E-state index in [9.17, 15) is 8.42 Å². The average molecular weight is 341 g/mol. The van der Waals surface area contributed by atoms with E-state index in [0.29, 0.717) is 18.0 Å². The van der Waals surface area contributed by atoms with Crippen LogP contribution in [0.5, 0.6) is 0 Å². The monoisotopic (exact) mass is 339 g/mol. The van der Waals surface area contributed by atoms with Gasteiger partial charge in [0.25, 0.3) is 0 Å². The van der Waals surface area contributed by atoms with Gasteiger partial charge in [0, 0.05) is 10.4 Å². The van der Waals surface area contributed by atoms with Crippen molar-refractivity contribution in [2.45, 2.75) is 20.3 Å². The summed E-state index contributed by atoms with van der Waals surface area (Å²) >= 11 is 8.87. The number of rotatable bonds is 5. The van der Waals surface area contributed by atoms with Crippen LogP contribution in [0.2, 0.25) is 0 Å². The smallest absolute Gasteiger partial charge is 0.232 e. The van der Waals surface area contributed by atoms with E-state index in [1.807, 2.05) is 26.0 Å². The van der Waals surface area contributed by atoms with Gasteiger partial charge >= 0.3 is 0 Å². The van der Waals surface area contributed by atoms with Gasteiger partial charge in [0.05, 0.1) is 11.4 Å². The largest absolute Gasteiger partial charge is 0.283 e. The molecule has 0 aliphatic rings. The maximum absolute atomic E-state index is 11.8. The molecule has 1 aromatic rings. The molecule has 0 aliphatic heterocycles. The fourth-order valence-corrected chi connectivity index (χ4v) is 3.76. The summed E-state index contributed by atoms with van der Waals surface area (Å²) < 4.78 is 27.1. The van der Waals surface area contributed by atoms with Crippen LogP contribution in [0.25, 0.3) is 0 Å². The quantitative estimate of drug-likeness (QED) is 0.835. The second-order valence-corrected chi connectivity index (χ2v) is 7.01. The van der Waals surface area contributed by atoms with Crippen LogP contribution in [0.1, 0.15) is 17.5 Å². The number of nitrogens with one attached hydrogen (secondary N) is 1. The number of anilines is 1. The lowest BCUT2D eigenvalue weighted by atomic mass is 10.1. The van der Waals surface area contributed by atoms with Gasteiger partial charge in [-0.15, -0.1) is 11.6 Å². The number of halogens is 2. The Labute approximate surface area is 116 Å². The van der Waals surface area contributed by atoms with Crippen molar-refractivity contribution in [1.29, 1.82) is 0 Å². The van der Waals surface area contributed by atoms with Crippen LogP contribution in [0.4, 0.5) is 5.69 Å². The number of benzene rings is 1. The van der Waals surface area contributed by atoms with E-state index >= 15 is 0 Å². The van der Waals surface area contributed by atoms with Gasteiger partial charge in [0.2, 0.25) is 10.0 Å². The molecule has 0 saturated carbocycles. The van der Waals surface area contributed by atoms with Crippen LogP contribution >= 0.6 is 27.5 Å². The van der Waals surface area contributed by atoms with Crippen LogP contribution in [-0.4, -0.2) is 20.1 Å². The lowest BCUT2D eigenvalue weighted by molar-refractivity contribution is 0.600. The lowest BCUT2D eigenvalue weighted by Crippen LogP contribution is -2.18. The predicted molar refractivity (Wildman–Crippen MR) is 76.4 cm³/mol. The van der Waals surface area contributed by atoms with Crippen LogP contribution in [0, 0.1) is 13.8 Å². The number of alkyl halides is 1. The highest BCUT2D eigenvalue weighted by Gasteiger charge is 2.13. The molecule has 1 N–H and O–H groups in total. The highest BCUT2D eigenvalue weighted by Crippen LogP contribution is 2.26. The van der Waals surface area contributed by atoms with Gasteiger partial charge < -0.3 is 0 Å². The van der Waals surface area contributed by atoms with Crippen molar-refractivity contribution in [3.63, 3.8) is 0 Å². The summed E-state index contributed by atoms with van der Waals surface area (Å²) in [6.07, 6.45) is 0.450. The van der Waals surface area contributed by atoms with Crippen LogP contribution < -0.4 is 4.72 Å². The molecule has 0 amide bonds. The summed E-state index contributed by atoms with van der Waals surface area (Å²) in [6.45, 7) is 3.74. The first-order valence-corrected chi connectivity index (χ1v) is 8.17. The molecule has 0 aromatic heterocycles. The molecule has 0 unspecified atom stereocenters. The van der Waals surface area contributed by atoms with Crippen LogP contribution in [0.3, 0.4) is 0 Å². The summed E-state index contributed by atoms with van der Waals surface area (Å²) in [6, 6.07) is 3.76. The Morgan fingerprint density at radius 1 is 1.29 bits per heavy atom. The average Bonchev–Trinajstić information content (AvgIpc) is 2.21. The van der Waals surface area contributed by atoms with Gasteiger partial charge in [-0.05, 0) is 43.5 Å². The first kappa shape index (κ1) is 14.8. The topological polar surface area (TPSA) is 46.2 Å². The van der Waals surface area contributed by atoms with Gasteiger partial charge in [0.15, 0.2) is 0 Å². The zero-order chi connectivity index (χ0) is 13.1. The minimum atomic E-state index is -3.30. The number of hydrogen-bond donors (Lipinski definition) is 1. The molecule has 0 fully saturated rings. The fraction of sp³-hybridized carbons (Fsp3) is 0.455. The molecule has 0 aliphatic carbocycles. The highest BCUT2D eigenvalue weighted by molar-refractivity contribution is 9.10. The van der Waals surface area contributed by atoms with Crippen molar-refractivity contribution >= 4 is 43.2 Å². The molecule has 0 radical (unpaired) electrons. The van der Waals surface area contributed by atoms with E-state index in [0.717, 1.165) is 15.6 Å². The van der Waals surface area contributed by atoms with Gasteiger partial charge in [-0.2, -0.15) is 0 Å². The minimum absolute atomic E-state index is 0.0471. The number of sulfonamides is 1. The fourth-order valence-electron chi connectivity index (χ4n) is 1.52. The van der Waals surface area contributed by atoms with E-state index in [2.05, 4.69) is 20.7 Å². The Hall–Kier alpha value is -0.260. The third-order valence-corrected chi connectivity index (χ3v) is 4.37. The van der Waals surface area contributed by atoms with E-state index in [1.165, 1.54) is 0 Å². The predicted octanol–water partition coefficient (Wildman–Crippen LogP) is 3.44. The Kier molecular flexibility index (Phi) is 5.28. The van der Waals surface area contributed by atoms with Crippen molar-refractivity contribution in [2.75, 3.05) is 16.4 Å². The Bertz CT molecular complexity index is 479. The molecule has 17 heavy (non-hydrogen) atoms. The summed E-state index contributed by atoms with van der Waals surface area (Å²) in [4.78, 5) is 0. The summed E-state index contributed by atoms with van der Waals surface area (Å²) in [5.41, 5.74) is 2.44. The molecular weight excluding hydrogens is 326 g/mol. The van der Waals surface area contributed by atoms with E-state index in [4.69, 9.17) is 11.6 Å². The third-order valence-electron chi connectivity index (χ3n) is 2.30. The Morgan fingerprint density at radius 3 is 2.29 bits per heavy atom. The number of hydrogen-bond acceptors (Lipinski definition) is 2. The molecule has 1 rings (SSSR count). The molecule has 0 spiro atoms. The SMILES string of the molecule is Cc1cc(Br)cc(C)c1NS(=O)(=O)CCCCl. The van der Waals surface area contributed by atoms with Crippen molar-refractivity contribution in [3.05, 3.63) is 27.7 Å². The van der Waals surface area contributed by atoms with Crippen molar-refractivity contribution < 1.29 is 8.42 Å². The summed E-state index contributed by atoms with van der Waals surface area (Å²) in [5.74, 6) is 0.394. The van der Waals surface area contributed by atoms with Gasteiger partial charge in [0.1, 0.15) is 0 Å².